The van der Waals surface area contributed by atoms with Crippen LogP contribution in [0.2, 0.25) is 0 Å². The van der Waals surface area contributed by atoms with Crippen LogP contribution in [0.15, 0.2) is 83.8 Å². The first-order valence-electron chi connectivity index (χ1n) is 12.7. The molecule has 3 fully saturated rings. The summed E-state index contributed by atoms with van der Waals surface area (Å²) in [5.74, 6) is 0.933. The van der Waals surface area contributed by atoms with Gasteiger partial charge >= 0.3 is 0 Å². The second-order valence-corrected chi connectivity index (χ2v) is 10.7. The third kappa shape index (κ3) is 6.16. The molecule has 3 N–H and O–H groups in total. The quantitative estimate of drug-likeness (QED) is 0.337. The molecule has 6 rings (SSSR count). The second kappa shape index (κ2) is 13.7. The topological polar surface area (TPSA) is 67.6 Å². The molecular formula is C30H37Cl2N3O2S. The first-order chi connectivity index (χ1) is 17.6. The molecule has 1 amide bonds. The van der Waals surface area contributed by atoms with Gasteiger partial charge in [-0.05, 0) is 54.5 Å². The van der Waals surface area contributed by atoms with E-state index in [0.717, 1.165) is 30.8 Å². The molecule has 3 aliphatic rings. The summed E-state index contributed by atoms with van der Waals surface area (Å²) in [5.41, 5.74) is 9.66. The normalized spacial score (nSPS) is 23.8. The number of hydrogen-bond acceptors (Lipinski definition) is 5. The largest absolute Gasteiger partial charge is 0.496 e. The maximum absolute atomic E-state index is 12.5. The summed E-state index contributed by atoms with van der Waals surface area (Å²) in [6, 6.07) is 28.2. The number of piperidine rings is 3. The van der Waals surface area contributed by atoms with Crippen molar-refractivity contribution in [2.45, 2.75) is 35.9 Å². The molecule has 8 heteroatoms. The van der Waals surface area contributed by atoms with Gasteiger partial charge in [-0.15, -0.1) is 36.6 Å². The molecule has 0 saturated carbocycles. The average Bonchev–Trinajstić information content (AvgIpc) is 2.93. The summed E-state index contributed by atoms with van der Waals surface area (Å²) in [5, 5.41) is 3.91. The van der Waals surface area contributed by atoms with E-state index in [4.69, 9.17) is 10.5 Å². The molecular weight excluding hydrogens is 537 g/mol. The lowest BCUT2D eigenvalue weighted by atomic mass is 9.66. The number of primary amides is 1. The van der Waals surface area contributed by atoms with Crippen molar-refractivity contribution in [2.24, 2.45) is 17.6 Å². The number of fused-ring (bicyclic) bond motifs is 3. The Bertz CT molecular complexity index is 1150. The number of amides is 1. The smallest absolute Gasteiger partial charge is 0.222 e. The Hall–Kier alpha value is -2.22. The zero-order chi connectivity index (χ0) is 25.1. The number of halogens is 2. The van der Waals surface area contributed by atoms with Crippen LogP contribution in [0, 0.1) is 11.8 Å². The number of benzene rings is 3. The van der Waals surface area contributed by atoms with E-state index in [1.165, 1.54) is 16.0 Å². The van der Waals surface area contributed by atoms with Gasteiger partial charge in [-0.25, -0.2) is 0 Å². The Morgan fingerprint density at radius 3 is 2.24 bits per heavy atom. The number of carbonyl (C=O) groups excluding carboxylic acids is 1. The number of rotatable bonds is 9. The number of methoxy groups -OCH3 is 1. The molecule has 3 saturated heterocycles. The zero-order valence-corrected chi connectivity index (χ0v) is 24.2. The van der Waals surface area contributed by atoms with Gasteiger partial charge in [-0.1, -0.05) is 60.7 Å². The van der Waals surface area contributed by atoms with E-state index in [9.17, 15) is 4.79 Å². The van der Waals surface area contributed by atoms with Crippen molar-refractivity contribution in [3.05, 3.63) is 95.6 Å². The molecule has 38 heavy (non-hydrogen) atoms. The summed E-state index contributed by atoms with van der Waals surface area (Å²) in [4.78, 5) is 16.2. The van der Waals surface area contributed by atoms with Crippen LogP contribution in [0.5, 0.6) is 5.75 Å². The molecule has 0 aliphatic carbocycles. The average molecular weight is 575 g/mol. The number of nitrogens with zero attached hydrogens (tertiary/aromatic N) is 1. The van der Waals surface area contributed by atoms with Crippen molar-refractivity contribution in [1.82, 2.24) is 10.2 Å². The van der Waals surface area contributed by atoms with E-state index < -0.39 is 0 Å². The molecule has 3 aromatic rings. The molecule has 3 aliphatic heterocycles. The minimum Gasteiger partial charge on any atom is -0.496 e. The first-order valence-corrected chi connectivity index (χ1v) is 13.9. The maximum Gasteiger partial charge on any atom is 0.222 e. The third-order valence-electron chi connectivity index (χ3n) is 7.99. The summed E-state index contributed by atoms with van der Waals surface area (Å²) >= 11 is 1.73. The minimum absolute atomic E-state index is 0. The van der Waals surface area contributed by atoms with Crippen molar-refractivity contribution in [3.8, 4) is 5.75 Å². The highest BCUT2D eigenvalue weighted by atomic mass is 35.5. The van der Waals surface area contributed by atoms with Crippen molar-refractivity contribution >= 4 is 42.5 Å². The highest BCUT2D eigenvalue weighted by Crippen LogP contribution is 2.44. The summed E-state index contributed by atoms with van der Waals surface area (Å²) in [7, 11) is 1.72. The zero-order valence-electron chi connectivity index (χ0n) is 21.8. The van der Waals surface area contributed by atoms with Crippen molar-refractivity contribution in [2.75, 3.05) is 26.5 Å². The van der Waals surface area contributed by atoms with Gasteiger partial charge in [0.05, 0.1) is 13.0 Å². The third-order valence-corrected chi connectivity index (χ3v) is 8.71. The van der Waals surface area contributed by atoms with E-state index in [-0.39, 0.29) is 60.6 Å². The molecule has 3 heterocycles. The number of hydrogen-bond donors (Lipinski definition) is 2. The predicted molar refractivity (Wildman–Crippen MR) is 161 cm³/mol. The van der Waals surface area contributed by atoms with Gasteiger partial charge in [0.1, 0.15) is 5.75 Å². The molecule has 0 spiro atoms. The van der Waals surface area contributed by atoms with Crippen LogP contribution in [0.1, 0.15) is 29.0 Å². The number of nitrogens with two attached hydrogens (primary N) is 1. The molecule has 5 atom stereocenters. The van der Waals surface area contributed by atoms with Crippen LogP contribution >= 0.6 is 36.6 Å². The van der Waals surface area contributed by atoms with Gasteiger partial charge in [-0.2, -0.15) is 0 Å². The van der Waals surface area contributed by atoms with Crippen molar-refractivity contribution in [3.63, 3.8) is 0 Å². The van der Waals surface area contributed by atoms with Crippen LogP contribution < -0.4 is 15.8 Å². The Kier molecular flexibility index (Phi) is 10.9. The molecule has 5 nitrogen and oxygen atoms in total. The molecule has 204 valence electrons. The lowest BCUT2D eigenvalue weighted by molar-refractivity contribution is -0.132. The molecule has 0 radical (unpaired) electrons. The molecule has 1 unspecified atom stereocenters. The summed E-state index contributed by atoms with van der Waals surface area (Å²) in [6.45, 7) is 2.38. The number of carbonyl (C=O) groups is 1. The second-order valence-electron chi connectivity index (χ2n) is 9.83. The van der Waals surface area contributed by atoms with Gasteiger partial charge in [0.25, 0.3) is 0 Å². The summed E-state index contributed by atoms with van der Waals surface area (Å²) in [6.07, 6.45) is 3.06. The fraction of sp³-hybridized carbons (Fsp3) is 0.367. The van der Waals surface area contributed by atoms with E-state index in [2.05, 4.69) is 89.3 Å². The number of nitrogens with one attached hydrogen (secondary N) is 1. The summed E-state index contributed by atoms with van der Waals surface area (Å²) < 4.78 is 5.69. The lowest BCUT2D eigenvalue weighted by Crippen LogP contribution is -2.68. The van der Waals surface area contributed by atoms with E-state index in [1.807, 2.05) is 6.07 Å². The minimum atomic E-state index is -0.187. The van der Waals surface area contributed by atoms with E-state index in [0.29, 0.717) is 6.54 Å². The molecule has 0 aromatic heterocycles. The van der Waals surface area contributed by atoms with Gasteiger partial charge in [0.2, 0.25) is 5.91 Å². The van der Waals surface area contributed by atoms with Crippen molar-refractivity contribution < 1.29 is 9.53 Å². The van der Waals surface area contributed by atoms with E-state index >= 15 is 0 Å². The van der Waals surface area contributed by atoms with Crippen LogP contribution in [0.25, 0.3) is 0 Å². The monoisotopic (exact) mass is 573 g/mol. The van der Waals surface area contributed by atoms with Crippen LogP contribution in [0.4, 0.5) is 0 Å². The maximum atomic E-state index is 12.5. The number of ether oxygens (including phenoxy) is 1. The standard InChI is InChI=1S/C30H35N3O2S.2ClH/c1-35-26-14-13-23(36-2)17-22(26)18-32-28-24-15-16-33(19-25(24)30(31)34)29(28)27(20-9-5-3-6-10-20)21-11-7-4-8-12-21;;/h3-14,17,24-25,27-29,32H,15-16,18-19H2,1-2H3,(H2,31,34);2*1H/t24-,25-,28-,29-;;/m0../s1. The lowest BCUT2D eigenvalue weighted by Gasteiger charge is -2.56. The van der Waals surface area contributed by atoms with Gasteiger partial charge < -0.3 is 15.8 Å². The van der Waals surface area contributed by atoms with Crippen LogP contribution in [-0.4, -0.2) is 49.3 Å². The molecule has 3 aromatic carbocycles. The van der Waals surface area contributed by atoms with Gasteiger partial charge in [-0.3, -0.25) is 9.69 Å². The Morgan fingerprint density at radius 1 is 1.05 bits per heavy atom. The number of thioether (sulfide) groups is 1. The first kappa shape index (κ1) is 30.3. The molecule has 2 bridgehead atoms. The SMILES string of the molecule is COc1ccc(SC)cc1CN[C@H]1[C@H]2CCN(C[C@@H]2C(N)=O)[C@H]1C(c1ccccc1)c1ccccc1.Cl.Cl. The van der Waals surface area contributed by atoms with Gasteiger partial charge in [0, 0.05) is 41.6 Å². The Morgan fingerprint density at radius 2 is 1.68 bits per heavy atom. The fourth-order valence-corrected chi connectivity index (χ4v) is 6.79. The van der Waals surface area contributed by atoms with Crippen molar-refractivity contribution in [1.29, 1.82) is 0 Å². The highest BCUT2D eigenvalue weighted by Gasteiger charge is 2.51. The Labute approximate surface area is 242 Å². The van der Waals surface area contributed by atoms with Crippen LogP contribution in [-0.2, 0) is 11.3 Å². The fourth-order valence-electron chi connectivity index (χ4n) is 6.32. The highest BCUT2D eigenvalue weighted by molar-refractivity contribution is 7.98. The van der Waals surface area contributed by atoms with E-state index in [1.54, 1.807) is 18.9 Å². The van der Waals surface area contributed by atoms with Crippen LogP contribution in [0.3, 0.4) is 0 Å². The predicted octanol–water partition coefficient (Wildman–Crippen LogP) is 5.36. The Balaban J connectivity index is 0.00000200. The van der Waals surface area contributed by atoms with Gasteiger partial charge in [0.15, 0.2) is 0 Å².